The average Bonchev–Trinajstić information content (AvgIpc) is 3.46. The Labute approximate surface area is 339 Å². The number of hydrogen-bond donors (Lipinski definition) is 7. The van der Waals surface area contributed by atoms with Crippen molar-refractivity contribution in [1.29, 1.82) is 0 Å². The number of phenolic OH excluding ortho intramolecular Hbond substituents is 3. The van der Waals surface area contributed by atoms with Crippen molar-refractivity contribution < 1.29 is 58.9 Å². The topological polar surface area (TPSA) is 229 Å². The minimum absolute atomic E-state index is 0.0750. The lowest BCUT2D eigenvalue weighted by Crippen LogP contribution is -2.46. The number of carbonyl (C=O) groups excluding carboxylic acids is 3. The molecule has 10 atom stereocenters. The molecule has 4 aliphatic rings. The maximum Gasteiger partial charge on any atom is 0.312 e. The van der Waals surface area contributed by atoms with Gasteiger partial charge in [0.2, 0.25) is 5.91 Å². The Morgan fingerprint density at radius 2 is 1.64 bits per heavy atom. The Morgan fingerprint density at radius 3 is 2.28 bits per heavy atom. The number of piperazine rings is 1. The van der Waals surface area contributed by atoms with Crippen LogP contribution in [-0.2, 0) is 23.8 Å². The van der Waals surface area contributed by atoms with Crippen molar-refractivity contribution >= 4 is 40.3 Å². The summed E-state index contributed by atoms with van der Waals surface area (Å²) in [7, 11) is 1.45. The number of methoxy groups -OCH3 is 1. The van der Waals surface area contributed by atoms with Crippen molar-refractivity contribution in [3.8, 4) is 23.0 Å². The van der Waals surface area contributed by atoms with Crippen LogP contribution >= 0.6 is 0 Å². The Hall–Kier alpha value is -4.64. The van der Waals surface area contributed by atoms with Crippen molar-refractivity contribution in [3.05, 3.63) is 29.0 Å². The minimum atomic E-state index is -2.03. The van der Waals surface area contributed by atoms with Crippen LogP contribution in [0.4, 0.5) is 5.69 Å². The summed E-state index contributed by atoms with van der Waals surface area (Å²) >= 11 is 0. The molecule has 1 unspecified atom stereocenters. The van der Waals surface area contributed by atoms with Crippen LogP contribution < -0.4 is 15.4 Å². The summed E-state index contributed by atoms with van der Waals surface area (Å²) in [5, 5.41) is 70.2. The van der Waals surface area contributed by atoms with Crippen molar-refractivity contribution in [2.45, 2.75) is 105 Å². The SMILES string of the molecule is CO[C@H]1/C=C/O[C@@]2(C)Oc3c(C)c(O)c4c(O)c(c(/C=N/N5CCNCC5)c(O)c4c3C2=O)NC(=O)C(C)CCC[C@@H](C)[C@@H](O)[C@@H](C)[C@H](O)[C@H](C)[C@H](OC(C)=O)[C@@H]1C. The number of aromatic hydroxyl groups is 3. The first-order chi connectivity index (χ1) is 27.3. The number of Topliss-reactive ketones (excluding diaryl/α,β-unsaturated/α-hetero) is 1. The summed E-state index contributed by atoms with van der Waals surface area (Å²) in [6.45, 7) is 15.4. The fourth-order valence-electron chi connectivity index (χ4n) is 8.34. The molecule has 0 aromatic heterocycles. The molecule has 6 rings (SSSR count). The number of hydrazone groups is 1. The van der Waals surface area contributed by atoms with Crippen LogP contribution in [0, 0.1) is 36.5 Å². The van der Waals surface area contributed by atoms with Gasteiger partial charge in [-0.15, -0.1) is 0 Å². The lowest BCUT2D eigenvalue weighted by Gasteiger charge is -2.38. The van der Waals surface area contributed by atoms with Crippen LogP contribution in [0.1, 0.15) is 89.2 Å². The van der Waals surface area contributed by atoms with E-state index in [0.717, 1.165) is 0 Å². The Bertz CT molecular complexity index is 1930. The number of phenols is 3. The number of aliphatic hydroxyl groups excluding tert-OH is 2. The Kier molecular flexibility index (Phi) is 13.9. The summed E-state index contributed by atoms with van der Waals surface area (Å²) < 4.78 is 23.6. The third-order valence-corrected chi connectivity index (χ3v) is 12.2. The molecule has 5 bridgehead atoms. The lowest BCUT2D eigenvalue weighted by atomic mass is 9.77. The highest BCUT2D eigenvalue weighted by molar-refractivity contribution is 6.23. The van der Waals surface area contributed by atoms with Crippen LogP contribution in [0.25, 0.3) is 10.8 Å². The molecule has 0 radical (unpaired) electrons. The van der Waals surface area contributed by atoms with E-state index in [4.69, 9.17) is 18.9 Å². The zero-order valence-electron chi connectivity index (χ0n) is 34.9. The molecule has 320 valence electrons. The molecule has 4 aliphatic heterocycles. The van der Waals surface area contributed by atoms with Gasteiger partial charge in [-0.05, 0) is 31.8 Å². The fourth-order valence-corrected chi connectivity index (χ4v) is 8.34. The summed E-state index contributed by atoms with van der Waals surface area (Å²) in [4.78, 5) is 40.5. The number of esters is 1. The predicted octanol–water partition coefficient (Wildman–Crippen LogP) is 4.30. The molecule has 1 amide bonds. The number of nitrogens with one attached hydrogen (secondary N) is 2. The van der Waals surface area contributed by atoms with E-state index in [-0.39, 0.29) is 44.8 Å². The zero-order valence-corrected chi connectivity index (χ0v) is 34.9. The maximum absolute atomic E-state index is 14.4. The van der Waals surface area contributed by atoms with E-state index in [9.17, 15) is 39.9 Å². The highest BCUT2D eigenvalue weighted by atomic mass is 16.7. The van der Waals surface area contributed by atoms with Crippen LogP contribution in [0.2, 0.25) is 0 Å². The molecule has 1 fully saturated rings. The molecular weight excluding hydrogens is 752 g/mol. The van der Waals surface area contributed by atoms with Gasteiger partial charge in [-0.3, -0.25) is 19.4 Å². The van der Waals surface area contributed by atoms with E-state index in [2.05, 4.69) is 15.7 Å². The van der Waals surface area contributed by atoms with Crippen molar-refractivity contribution in [2.75, 3.05) is 38.6 Å². The molecule has 2 aromatic carbocycles. The van der Waals surface area contributed by atoms with Crippen molar-refractivity contribution in [2.24, 2.45) is 34.7 Å². The van der Waals surface area contributed by atoms with Gasteiger partial charge in [0.05, 0.1) is 53.0 Å². The first-order valence-corrected chi connectivity index (χ1v) is 20.1. The van der Waals surface area contributed by atoms with E-state index < -0.39 is 88.8 Å². The molecule has 58 heavy (non-hydrogen) atoms. The number of hydrogen-bond acceptors (Lipinski definition) is 15. The number of carbonyl (C=O) groups is 3. The van der Waals surface area contributed by atoms with Crippen LogP contribution in [0.15, 0.2) is 17.4 Å². The lowest BCUT2D eigenvalue weighted by molar-refractivity contribution is -0.160. The highest BCUT2D eigenvalue weighted by Gasteiger charge is 2.50. The maximum atomic E-state index is 14.4. The van der Waals surface area contributed by atoms with Gasteiger partial charge in [0.15, 0.2) is 5.75 Å². The van der Waals surface area contributed by atoms with Crippen molar-refractivity contribution in [3.63, 3.8) is 0 Å². The Morgan fingerprint density at radius 1 is 0.966 bits per heavy atom. The molecule has 16 heteroatoms. The normalized spacial score (nSPS) is 32.3. The fraction of sp³-hybridized carbons (Fsp3) is 0.619. The zero-order chi connectivity index (χ0) is 42.8. The molecule has 0 saturated carbocycles. The monoisotopic (exact) mass is 812 g/mol. The first-order valence-electron chi connectivity index (χ1n) is 20.1. The molecular formula is C42H60N4O12. The van der Waals surface area contributed by atoms with Crippen LogP contribution in [0.3, 0.4) is 0 Å². The van der Waals surface area contributed by atoms with E-state index in [0.29, 0.717) is 45.4 Å². The van der Waals surface area contributed by atoms with E-state index in [1.54, 1.807) is 32.7 Å². The standard InChI is InChI=1S/C42H60N4O12/c1-20-11-10-12-21(2)41(54)45-32-27(19-44-46-16-14-43-15-17-46)36(51)29-30(37(32)52)35(50)25(6)39-31(29)40(53)42(8,58-39)56-18-13-28(55-9)22(3)38(57-26(7)47)24(5)34(49)23(4)33(20)48/h13,18-24,28,33-34,38,43,48-52H,10-12,14-17H2,1-9H3,(H,45,54)/b18-13+,44-19+/t20-,21?,22-,23-,24+,28+,33-,34+,38-,42+/m1/s1. The molecule has 7 N–H and O–H groups in total. The van der Waals surface area contributed by atoms with Gasteiger partial charge in [-0.2, -0.15) is 5.10 Å². The quantitative estimate of drug-likeness (QED) is 0.0989. The number of ketones is 1. The largest absolute Gasteiger partial charge is 0.507 e. The van der Waals surface area contributed by atoms with Gasteiger partial charge in [0.1, 0.15) is 23.4 Å². The van der Waals surface area contributed by atoms with Gasteiger partial charge in [0, 0.05) is 81.8 Å². The highest BCUT2D eigenvalue weighted by Crippen LogP contribution is 2.55. The number of aliphatic hydroxyl groups is 2. The van der Waals surface area contributed by atoms with E-state index in [1.165, 1.54) is 46.4 Å². The number of ether oxygens (including phenoxy) is 4. The van der Waals surface area contributed by atoms with E-state index in [1.807, 2.05) is 6.92 Å². The number of benzene rings is 2. The number of fused-ring (bicyclic) bond motifs is 16. The van der Waals surface area contributed by atoms with Gasteiger partial charge in [-0.1, -0.05) is 41.0 Å². The van der Waals surface area contributed by atoms with Gasteiger partial charge in [-0.25, -0.2) is 0 Å². The Balaban J connectivity index is 1.66. The van der Waals surface area contributed by atoms with Crippen molar-refractivity contribution in [1.82, 2.24) is 10.3 Å². The van der Waals surface area contributed by atoms with Crippen LogP contribution in [0.5, 0.6) is 23.0 Å². The molecule has 1 saturated heterocycles. The number of nitrogens with zero attached hydrogens (tertiary/aromatic N) is 2. The third-order valence-electron chi connectivity index (χ3n) is 12.2. The second-order valence-corrected chi connectivity index (χ2v) is 16.3. The smallest absolute Gasteiger partial charge is 0.312 e. The minimum Gasteiger partial charge on any atom is -0.507 e. The first kappa shape index (κ1) is 44.5. The van der Waals surface area contributed by atoms with Crippen LogP contribution in [-0.4, -0.2) is 118 Å². The second kappa shape index (κ2) is 18.1. The predicted molar refractivity (Wildman–Crippen MR) is 216 cm³/mol. The summed E-state index contributed by atoms with van der Waals surface area (Å²) in [6, 6.07) is 0. The summed E-state index contributed by atoms with van der Waals surface area (Å²) in [5.41, 5.74) is -0.382. The molecule has 2 aromatic rings. The van der Waals surface area contributed by atoms with Gasteiger partial charge in [0.25, 0.3) is 5.78 Å². The van der Waals surface area contributed by atoms with Gasteiger partial charge >= 0.3 is 11.8 Å². The number of rotatable bonds is 4. The average molecular weight is 813 g/mol. The molecule has 4 heterocycles. The number of anilines is 1. The number of amides is 1. The third kappa shape index (κ3) is 8.70. The molecule has 16 nitrogen and oxygen atoms in total. The second-order valence-electron chi connectivity index (χ2n) is 16.3. The summed E-state index contributed by atoms with van der Waals surface area (Å²) in [6.07, 6.45) is 1.79. The van der Waals surface area contributed by atoms with Gasteiger partial charge < -0.3 is 55.1 Å². The summed E-state index contributed by atoms with van der Waals surface area (Å²) in [5.74, 6) is -8.25. The van der Waals surface area contributed by atoms with E-state index >= 15 is 0 Å². The molecule has 0 aliphatic carbocycles. The molecule has 0 spiro atoms.